The number of oxazole rings is 1. The third-order valence-corrected chi connectivity index (χ3v) is 4.10. The second kappa shape index (κ2) is 7.53. The molecule has 0 aliphatic rings. The van der Waals surface area contributed by atoms with Gasteiger partial charge in [0.1, 0.15) is 11.3 Å². The molecule has 2 N–H and O–H groups in total. The molecule has 0 spiro atoms. The number of carbonyl (C=O) groups excluding carboxylic acids is 1. The van der Waals surface area contributed by atoms with Crippen molar-refractivity contribution in [2.45, 2.75) is 0 Å². The van der Waals surface area contributed by atoms with Gasteiger partial charge in [-0.05, 0) is 54.7 Å². The van der Waals surface area contributed by atoms with Gasteiger partial charge in [0.15, 0.2) is 10.7 Å². The van der Waals surface area contributed by atoms with E-state index in [0.717, 1.165) is 5.56 Å². The Morgan fingerprint density at radius 2 is 1.96 bits per heavy atom. The van der Waals surface area contributed by atoms with Crippen LogP contribution >= 0.6 is 12.2 Å². The van der Waals surface area contributed by atoms with Gasteiger partial charge in [0.2, 0.25) is 5.89 Å². The predicted octanol–water partition coefficient (Wildman–Crippen LogP) is 4.16. The monoisotopic (exact) mass is 392 g/mol. The van der Waals surface area contributed by atoms with E-state index in [4.69, 9.17) is 16.6 Å². The highest BCUT2D eigenvalue weighted by Gasteiger charge is 2.13. The van der Waals surface area contributed by atoms with Crippen LogP contribution < -0.4 is 10.6 Å². The molecule has 1 amide bonds. The number of carbonyl (C=O) groups is 1. The highest BCUT2D eigenvalue weighted by atomic mass is 32.1. The summed E-state index contributed by atoms with van der Waals surface area (Å²) in [6.45, 7) is 0. The third-order valence-electron chi connectivity index (χ3n) is 3.90. The summed E-state index contributed by atoms with van der Waals surface area (Å²) < 4.78 is 19.4. The van der Waals surface area contributed by atoms with Gasteiger partial charge in [0, 0.05) is 18.1 Å². The molecular formula is C20H13FN4O2S. The van der Waals surface area contributed by atoms with Crippen LogP contribution in [0.25, 0.3) is 22.6 Å². The zero-order valence-electron chi connectivity index (χ0n) is 14.3. The molecule has 0 radical (unpaired) electrons. The van der Waals surface area contributed by atoms with Gasteiger partial charge in [-0.15, -0.1) is 0 Å². The highest BCUT2D eigenvalue weighted by molar-refractivity contribution is 7.80. The number of fused-ring (bicyclic) bond motifs is 1. The molecule has 2 aromatic heterocycles. The van der Waals surface area contributed by atoms with Gasteiger partial charge in [-0.1, -0.05) is 12.1 Å². The molecule has 0 atom stereocenters. The average Bonchev–Trinajstić information content (AvgIpc) is 3.12. The topological polar surface area (TPSA) is 80.0 Å². The molecule has 6 nitrogen and oxygen atoms in total. The first-order valence-corrected chi connectivity index (χ1v) is 8.69. The summed E-state index contributed by atoms with van der Waals surface area (Å²) in [5.74, 6) is -0.789. The Balaban J connectivity index is 1.49. The number of nitrogens with zero attached hydrogens (tertiary/aromatic N) is 2. The van der Waals surface area contributed by atoms with Crippen LogP contribution in [0.3, 0.4) is 0 Å². The highest BCUT2D eigenvalue weighted by Crippen LogP contribution is 2.25. The number of anilines is 1. The van der Waals surface area contributed by atoms with Crippen molar-refractivity contribution < 1.29 is 13.6 Å². The number of nitrogens with one attached hydrogen (secondary N) is 2. The summed E-state index contributed by atoms with van der Waals surface area (Å²) in [5, 5.41) is 5.39. The number of halogens is 1. The van der Waals surface area contributed by atoms with Crippen LogP contribution in [0, 0.1) is 5.82 Å². The molecule has 138 valence electrons. The summed E-state index contributed by atoms with van der Waals surface area (Å²) in [6, 6.07) is 14.5. The van der Waals surface area contributed by atoms with Crippen LogP contribution in [-0.4, -0.2) is 21.0 Å². The van der Waals surface area contributed by atoms with E-state index in [1.54, 1.807) is 42.7 Å². The maximum absolute atomic E-state index is 13.7. The van der Waals surface area contributed by atoms with E-state index in [1.807, 2.05) is 6.07 Å². The smallest absolute Gasteiger partial charge is 0.260 e. The predicted molar refractivity (Wildman–Crippen MR) is 107 cm³/mol. The SMILES string of the molecule is O=C(NC(=S)Nc1ccc2oc(-c3cccnc3)nc2c1)c1ccccc1F. The van der Waals surface area contributed by atoms with E-state index < -0.39 is 11.7 Å². The van der Waals surface area contributed by atoms with E-state index >= 15 is 0 Å². The molecule has 0 saturated carbocycles. The van der Waals surface area contributed by atoms with Crippen molar-refractivity contribution in [2.75, 3.05) is 5.32 Å². The Bertz CT molecular complexity index is 1180. The second-order valence-corrected chi connectivity index (χ2v) is 6.24. The minimum absolute atomic E-state index is 0.0450. The summed E-state index contributed by atoms with van der Waals surface area (Å²) in [6.07, 6.45) is 3.34. The molecule has 0 fully saturated rings. The van der Waals surface area contributed by atoms with Crippen LogP contribution in [0.2, 0.25) is 0 Å². The molecule has 8 heteroatoms. The number of benzene rings is 2. The summed E-state index contributed by atoms with van der Waals surface area (Å²) >= 11 is 5.14. The van der Waals surface area contributed by atoms with Gasteiger partial charge in [-0.2, -0.15) is 0 Å². The van der Waals surface area contributed by atoms with Gasteiger partial charge in [0.05, 0.1) is 11.1 Å². The number of rotatable bonds is 3. The minimum Gasteiger partial charge on any atom is -0.436 e. The standard InChI is InChI=1S/C20H13FN4O2S/c21-15-6-2-1-5-14(15)18(26)25-20(28)23-13-7-8-17-16(10-13)24-19(27-17)12-4-3-9-22-11-12/h1-11H,(H2,23,25,26,28). The van der Waals surface area contributed by atoms with Crippen LogP contribution in [0.4, 0.5) is 10.1 Å². The number of pyridine rings is 1. The summed E-state index contributed by atoms with van der Waals surface area (Å²) in [7, 11) is 0. The second-order valence-electron chi connectivity index (χ2n) is 5.83. The van der Waals surface area contributed by atoms with Crippen molar-refractivity contribution in [2.24, 2.45) is 0 Å². The molecular weight excluding hydrogens is 379 g/mol. The van der Waals surface area contributed by atoms with Gasteiger partial charge in [-0.25, -0.2) is 9.37 Å². The number of hydrogen-bond donors (Lipinski definition) is 2. The maximum Gasteiger partial charge on any atom is 0.260 e. The van der Waals surface area contributed by atoms with Gasteiger partial charge in [0.25, 0.3) is 5.91 Å². The first kappa shape index (κ1) is 17.7. The lowest BCUT2D eigenvalue weighted by atomic mass is 10.2. The molecule has 2 aromatic carbocycles. The van der Waals surface area contributed by atoms with Crippen molar-refractivity contribution in [1.82, 2.24) is 15.3 Å². The van der Waals surface area contributed by atoms with Crippen molar-refractivity contribution in [3.05, 3.63) is 78.4 Å². The van der Waals surface area contributed by atoms with E-state index in [9.17, 15) is 9.18 Å². The van der Waals surface area contributed by atoms with E-state index in [2.05, 4.69) is 20.6 Å². The minimum atomic E-state index is -0.628. The zero-order chi connectivity index (χ0) is 19.5. The van der Waals surface area contributed by atoms with Crippen LogP contribution in [0.1, 0.15) is 10.4 Å². The van der Waals surface area contributed by atoms with Crippen molar-refractivity contribution in [3.63, 3.8) is 0 Å². The maximum atomic E-state index is 13.7. The van der Waals surface area contributed by atoms with Gasteiger partial charge < -0.3 is 9.73 Å². The molecule has 2 heterocycles. The average molecular weight is 392 g/mol. The van der Waals surface area contributed by atoms with Crippen LogP contribution in [0.15, 0.2) is 71.4 Å². The molecule has 0 aliphatic carbocycles. The van der Waals surface area contributed by atoms with E-state index in [0.29, 0.717) is 22.7 Å². The number of amides is 1. The molecule has 0 saturated heterocycles. The third kappa shape index (κ3) is 3.72. The number of aromatic nitrogens is 2. The summed E-state index contributed by atoms with van der Waals surface area (Å²) in [5.41, 5.74) is 2.51. The van der Waals surface area contributed by atoms with Crippen molar-refractivity contribution in [3.8, 4) is 11.5 Å². The lowest BCUT2D eigenvalue weighted by molar-refractivity contribution is 0.0974. The molecule has 0 aliphatic heterocycles. The molecule has 4 aromatic rings. The largest absolute Gasteiger partial charge is 0.436 e. The van der Waals surface area contributed by atoms with Crippen molar-refractivity contribution >= 4 is 40.0 Å². The Hall–Kier alpha value is -3.65. The Kier molecular flexibility index (Phi) is 4.77. The normalized spacial score (nSPS) is 10.6. The quantitative estimate of drug-likeness (QED) is 0.510. The first-order valence-electron chi connectivity index (χ1n) is 8.28. The van der Waals surface area contributed by atoms with Gasteiger partial charge >= 0.3 is 0 Å². The fourth-order valence-corrected chi connectivity index (χ4v) is 2.81. The van der Waals surface area contributed by atoms with Crippen LogP contribution in [0.5, 0.6) is 0 Å². The Morgan fingerprint density at radius 3 is 2.75 bits per heavy atom. The van der Waals surface area contributed by atoms with Gasteiger partial charge in [-0.3, -0.25) is 15.1 Å². The fraction of sp³-hybridized carbons (Fsp3) is 0. The number of thiocarbonyl (C=S) groups is 1. The van der Waals surface area contributed by atoms with Crippen LogP contribution in [-0.2, 0) is 0 Å². The fourth-order valence-electron chi connectivity index (χ4n) is 2.60. The Morgan fingerprint density at radius 1 is 1.11 bits per heavy atom. The van der Waals surface area contributed by atoms with E-state index in [1.165, 1.54) is 18.2 Å². The number of hydrogen-bond acceptors (Lipinski definition) is 5. The summed E-state index contributed by atoms with van der Waals surface area (Å²) in [4.78, 5) is 20.6. The molecule has 4 rings (SSSR count). The lowest BCUT2D eigenvalue weighted by Gasteiger charge is -2.09. The molecule has 0 unspecified atom stereocenters. The molecule has 0 bridgehead atoms. The first-order chi connectivity index (χ1) is 13.6. The molecule has 28 heavy (non-hydrogen) atoms. The van der Waals surface area contributed by atoms with E-state index in [-0.39, 0.29) is 10.7 Å². The zero-order valence-corrected chi connectivity index (χ0v) is 15.2. The van der Waals surface area contributed by atoms with Crippen molar-refractivity contribution in [1.29, 1.82) is 0 Å². The lowest BCUT2D eigenvalue weighted by Crippen LogP contribution is -2.34. The Labute approximate surface area is 164 Å².